The van der Waals surface area contributed by atoms with E-state index in [1.165, 1.54) is 10.5 Å². The number of rotatable bonds is 3. The van der Waals surface area contributed by atoms with Crippen LogP contribution in [-0.2, 0) is 4.79 Å². The third-order valence-electron chi connectivity index (χ3n) is 3.76. The molecule has 1 aliphatic rings. The second-order valence-electron chi connectivity index (χ2n) is 5.03. The zero-order valence-electron chi connectivity index (χ0n) is 12.4. The number of anilines is 1. The number of carbonyl (C=O) groups is 2. The van der Waals surface area contributed by atoms with Crippen LogP contribution in [-0.4, -0.2) is 33.6 Å². The Morgan fingerprint density at radius 2 is 1.55 bits per heavy atom. The number of hydrogen-bond acceptors (Lipinski definition) is 3. The van der Waals surface area contributed by atoms with E-state index in [9.17, 15) is 9.59 Å². The molecule has 0 aliphatic heterocycles. The fourth-order valence-electron chi connectivity index (χ4n) is 2.53. The first-order valence-corrected chi connectivity index (χ1v) is 9.46. The van der Waals surface area contributed by atoms with Gasteiger partial charge < -0.3 is 0 Å². The number of nitrogens with zero attached hydrogens (tertiary/aromatic N) is 1. The first-order chi connectivity index (χ1) is 10.6. The minimum absolute atomic E-state index is 0.434. The molecule has 0 heterocycles. The van der Waals surface area contributed by atoms with Crippen molar-refractivity contribution in [3.05, 3.63) is 65.7 Å². The average molecular weight is 356 g/mol. The van der Waals surface area contributed by atoms with E-state index in [-0.39, 0.29) is 0 Å². The molecule has 1 aliphatic carbocycles. The molecule has 0 fully saturated rings. The summed E-state index contributed by atoms with van der Waals surface area (Å²) in [7, 11) is 1.91. The molecule has 0 N–H and O–H groups in total. The summed E-state index contributed by atoms with van der Waals surface area (Å²) in [5.41, 5.74) is 3.04. The fraction of sp³-hybridized carbons (Fsp3) is 0.111. The van der Waals surface area contributed by atoms with Gasteiger partial charge >= 0.3 is 135 Å². The molecule has 22 heavy (non-hydrogen) atoms. The van der Waals surface area contributed by atoms with Crippen LogP contribution >= 0.6 is 0 Å². The number of fused-ring (bicyclic) bond motifs is 1. The van der Waals surface area contributed by atoms with Gasteiger partial charge in [0, 0.05) is 0 Å². The van der Waals surface area contributed by atoms with Crippen molar-refractivity contribution in [2.45, 2.75) is 5.82 Å². The van der Waals surface area contributed by atoms with Crippen molar-refractivity contribution in [2.75, 3.05) is 11.9 Å². The predicted molar refractivity (Wildman–Crippen MR) is 89.9 cm³/mol. The van der Waals surface area contributed by atoms with Gasteiger partial charge in [-0.3, -0.25) is 0 Å². The molecule has 3 rings (SSSR count). The Kier molecular flexibility index (Phi) is 3.97. The van der Waals surface area contributed by atoms with Crippen LogP contribution in [0.4, 0.5) is 5.69 Å². The quantitative estimate of drug-likeness (QED) is 0.626. The summed E-state index contributed by atoms with van der Waals surface area (Å²) in [4.78, 5) is 25.9. The topological polar surface area (TPSA) is 37.4 Å². The van der Waals surface area contributed by atoms with E-state index in [4.69, 9.17) is 0 Å². The Bertz CT molecular complexity index is 778. The van der Waals surface area contributed by atoms with E-state index in [2.05, 4.69) is 18.0 Å². The fourth-order valence-corrected chi connectivity index (χ4v) is 3.38. The average Bonchev–Trinajstić information content (AvgIpc) is 2.57. The van der Waals surface area contributed by atoms with Crippen molar-refractivity contribution in [3.8, 4) is 0 Å². The number of benzene rings is 2. The van der Waals surface area contributed by atoms with Gasteiger partial charge in [0.1, 0.15) is 0 Å². The number of allylic oxidation sites excluding steroid dienone is 1. The van der Waals surface area contributed by atoms with Crippen molar-refractivity contribution in [3.63, 3.8) is 0 Å². The summed E-state index contributed by atoms with van der Waals surface area (Å²) in [5, 5.41) is 0. The van der Waals surface area contributed by atoms with Crippen molar-refractivity contribution < 1.29 is 9.59 Å². The van der Waals surface area contributed by atoms with E-state index in [0.29, 0.717) is 20.5 Å². The third kappa shape index (κ3) is 2.52. The van der Waals surface area contributed by atoms with Gasteiger partial charge in [-0.2, -0.15) is 0 Å². The Hall–Kier alpha value is -2.16. The minimum atomic E-state index is -0.464. The van der Waals surface area contributed by atoms with Crippen molar-refractivity contribution in [1.29, 1.82) is 0 Å². The van der Waals surface area contributed by atoms with Crippen LogP contribution in [0.3, 0.4) is 0 Å². The SMILES string of the molecule is C[Se]c1ccc(N(C)C2=CC(=O)C(=O)c3ccccc32)cc1. The molecule has 3 nitrogen and oxygen atoms in total. The van der Waals surface area contributed by atoms with Crippen LogP contribution in [0.25, 0.3) is 5.70 Å². The van der Waals surface area contributed by atoms with E-state index in [1.54, 1.807) is 12.1 Å². The Balaban J connectivity index is 2.04. The first-order valence-electron chi connectivity index (χ1n) is 6.89. The van der Waals surface area contributed by atoms with Crippen molar-refractivity contribution in [1.82, 2.24) is 0 Å². The van der Waals surface area contributed by atoms with Gasteiger partial charge in [0.25, 0.3) is 0 Å². The molecule has 0 spiro atoms. The van der Waals surface area contributed by atoms with E-state index in [0.717, 1.165) is 16.9 Å². The zero-order chi connectivity index (χ0) is 15.7. The molecule has 2 aromatic carbocycles. The Labute approximate surface area is 135 Å². The summed E-state index contributed by atoms with van der Waals surface area (Å²) in [5.74, 6) is 1.28. The molecule has 0 saturated heterocycles. The first kappa shape index (κ1) is 14.8. The maximum atomic E-state index is 12.0. The van der Waals surface area contributed by atoms with Gasteiger partial charge in [0.2, 0.25) is 0 Å². The summed E-state index contributed by atoms with van der Waals surface area (Å²) in [6.45, 7) is 0. The predicted octanol–water partition coefficient (Wildman–Crippen LogP) is 2.31. The number of ketones is 2. The van der Waals surface area contributed by atoms with Crippen molar-refractivity contribution >= 4 is 42.4 Å². The van der Waals surface area contributed by atoms with Gasteiger partial charge in [0.05, 0.1) is 0 Å². The molecule has 0 radical (unpaired) electrons. The summed E-state index contributed by atoms with van der Waals surface area (Å²) in [6, 6.07) is 15.6. The molecule has 0 atom stereocenters. The summed E-state index contributed by atoms with van der Waals surface area (Å²) < 4.78 is 1.33. The second kappa shape index (κ2) is 5.91. The number of Topliss-reactive ketones (excluding diaryl/α,β-unsaturated/α-hetero) is 1. The molecule has 110 valence electrons. The van der Waals surface area contributed by atoms with E-state index >= 15 is 0 Å². The van der Waals surface area contributed by atoms with Gasteiger partial charge in [-0.25, -0.2) is 0 Å². The van der Waals surface area contributed by atoms with Crippen LogP contribution in [0.2, 0.25) is 5.82 Å². The summed E-state index contributed by atoms with van der Waals surface area (Å²) >= 11 is 0.468. The van der Waals surface area contributed by atoms with Crippen molar-refractivity contribution in [2.24, 2.45) is 0 Å². The zero-order valence-corrected chi connectivity index (χ0v) is 14.1. The van der Waals surface area contributed by atoms with Crippen LogP contribution in [0.1, 0.15) is 15.9 Å². The molecule has 0 aromatic heterocycles. The molecular weight excluding hydrogens is 341 g/mol. The third-order valence-corrected chi connectivity index (χ3v) is 5.32. The standard InChI is InChI=1S/C18H15NO2Se/c1-19(12-7-9-13(22-2)10-8-12)16-11-17(20)18(21)15-6-4-3-5-14(15)16/h3-11H,1-2H3. The molecule has 0 unspecified atom stereocenters. The van der Waals surface area contributed by atoms with Crippen LogP contribution in [0.15, 0.2) is 54.6 Å². The Morgan fingerprint density at radius 3 is 2.18 bits per heavy atom. The van der Waals surface area contributed by atoms with E-state index < -0.39 is 11.6 Å². The number of carbonyl (C=O) groups excluding carboxylic acids is 2. The Morgan fingerprint density at radius 1 is 0.909 bits per heavy atom. The number of hydrogen-bond donors (Lipinski definition) is 0. The molecule has 2 aromatic rings. The monoisotopic (exact) mass is 357 g/mol. The second-order valence-corrected chi connectivity index (χ2v) is 6.87. The molecule has 4 heteroatoms. The normalized spacial score (nSPS) is 13.6. The molecule has 0 saturated carbocycles. The van der Waals surface area contributed by atoms with Gasteiger partial charge in [-0.1, -0.05) is 0 Å². The summed E-state index contributed by atoms with van der Waals surface area (Å²) in [6.07, 6.45) is 1.43. The van der Waals surface area contributed by atoms with Crippen LogP contribution < -0.4 is 9.36 Å². The van der Waals surface area contributed by atoms with E-state index in [1.807, 2.05) is 36.2 Å². The molecular formula is C18H15NO2Se. The van der Waals surface area contributed by atoms with Crippen LogP contribution in [0.5, 0.6) is 0 Å². The van der Waals surface area contributed by atoms with Gasteiger partial charge in [-0.05, 0) is 0 Å². The molecule has 0 amide bonds. The maximum absolute atomic E-state index is 12.0. The van der Waals surface area contributed by atoms with Crippen LogP contribution in [0, 0.1) is 0 Å². The van der Waals surface area contributed by atoms with Gasteiger partial charge in [0.15, 0.2) is 0 Å². The molecule has 0 bridgehead atoms. The van der Waals surface area contributed by atoms with Gasteiger partial charge in [-0.15, -0.1) is 0 Å².